The first-order valence-corrected chi connectivity index (χ1v) is 6.95. The summed E-state index contributed by atoms with van der Waals surface area (Å²) in [6.45, 7) is 12.4. The van der Waals surface area contributed by atoms with E-state index in [1.54, 1.807) is 0 Å². The minimum absolute atomic E-state index is 0.0491. The van der Waals surface area contributed by atoms with E-state index in [1.165, 1.54) is 18.7 Å². The van der Waals surface area contributed by atoms with E-state index in [4.69, 9.17) is 0 Å². The summed E-state index contributed by atoms with van der Waals surface area (Å²) in [5.41, 5.74) is -0.156. The lowest BCUT2D eigenvalue weighted by Gasteiger charge is -2.30. The van der Waals surface area contributed by atoms with Gasteiger partial charge in [-0.2, -0.15) is 0 Å². The Balaban J connectivity index is 4.08. The van der Waals surface area contributed by atoms with E-state index in [1.807, 2.05) is 13.8 Å². The highest BCUT2D eigenvalue weighted by molar-refractivity contribution is 8.13. The second-order valence-corrected chi connectivity index (χ2v) is 7.31. The summed E-state index contributed by atoms with van der Waals surface area (Å²) in [6, 6.07) is 0. The van der Waals surface area contributed by atoms with Crippen LogP contribution in [0.1, 0.15) is 48.0 Å². The third-order valence-corrected chi connectivity index (χ3v) is 3.46. The van der Waals surface area contributed by atoms with Crippen LogP contribution in [0.5, 0.6) is 0 Å². The van der Waals surface area contributed by atoms with Crippen LogP contribution in [0.25, 0.3) is 0 Å². The van der Waals surface area contributed by atoms with Gasteiger partial charge in [-0.05, 0) is 11.8 Å². The molecule has 4 heteroatoms. The zero-order chi connectivity index (χ0) is 13.7. The van der Waals surface area contributed by atoms with E-state index in [0.29, 0.717) is 12.3 Å². The molecule has 0 saturated carbocycles. The second kappa shape index (κ2) is 6.43. The number of hydrogen-bond acceptors (Lipinski definition) is 3. The average molecular weight is 259 g/mol. The Bertz CT molecular complexity index is 280. The van der Waals surface area contributed by atoms with Gasteiger partial charge < -0.3 is 5.32 Å². The zero-order valence-electron chi connectivity index (χ0n) is 11.8. The molecule has 0 fully saturated rings. The molecular formula is C13H25NO2S. The molecule has 1 amide bonds. The summed E-state index contributed by atoms with van der Waals surface area (Å²) in [4.78, 5) is 22.7. The molecule has 1 N–H and O–H groups in total. The maximum absolute atomic E-state index is 12.0. The molecule has 0 aliphatic heterocycles. The molecule has 0 aromatic carbocycles. The highest BCUT2D eigenvalue weighted by atomic mass is 32.2. The van der Waals surface area contributed by atoms with Gasteiger partial charge in [0.25, 0.3) is 0 Å². The molecule has 0 saturated heterocycles. The molecule has 0 spiro atoms. The molecule has 0 rings (SSSR count). The number of carbonyl (C=O) groups excluding carboxylic acids is 2. The Kier molecular flexibility index (Phi) is 6.24. The highest BCUT2D eigenvalue weighted by Gasteiger charge is 2.32. The molecule has 100 valence electrons. The fourth-order valence-electron chi connectivity index (χ4n) is 1.96. The van der Waals surface area contributed by atoms with Gasteiger partial charge in [-0.15, -0.1) is 0 Å². The van der Waals surface area contributed by atoms with Gasteiger partial charge in [0.1, 0.15) is 0 Å². The van der Waals surface area contributed by atoms with Gasteiger partial charge >= 0.3 is 0 Å². The van der Waals surface area contributed by atoms with Crippen molar-refractivity contribution in [1.29, 1.82) is 0 Å². The maximum Gasteiger partial charge on any atom is 0.216 e. The van der Waals surface area contributed by atoms with Crippen LogP contribution < -0.4 is 5.32 Å². The standard InChI is InChI=1S/C13H25NO2S/c1-10(15)14-7-8-17-11(16)13(5,6)9-12(2,3)4/h7-9H2,1-6H3,(H,14,15). The summed E-state index contributed by atoms with van der Waals surface area (Å²) in [6.07, 6.45) is 0.867. The van der Waals surface area contributed by atoms with E-state index in [9.17, 15) is 9.59 Å². The number of thioether (sulfide) groups is 1. The van der Waals surface area contributed by atoms with Gasteiger partial charge in [-0.1, -0.05) is 46.4 Å². The van der Waals surface area contributed by atoms with Crippen LogP contribution in [-0.4, -0.2) is 23.3 Å². The van der Waals surface area contributed by atoms with Crippen molar-refractivity contribution in [3.05, 3.63) is 0 Å². The van der Waals surface area contributed by atoms with Crippen molar-refractivity contribution < 1.29 is 9.59 Å². The molecule has 0 heterocycles. The van der Waals surface area contributed by atoms with Gasteiger partial charge in [0, 0.05) is 24.6 Å². The Labute approximate surface area is 109 Å². The van der Waals surface area contributed by atoms with Crippen molar-refractivity contribution in [1.82, 2.24) is 5.32 Å². The average Bonchev–Trinajstić information content (AvgIpc) is 2.07. The van der Waals surface area contributed by atoms with Gasteiger partial charge in [0.05, 0.1) is 0 Å². The number of amides is 1. The molecule has 0 aliphatic carbocycles. The smallest absolute Gasteiger partial charge is 0.216 e. The minimum Gasteiger partial charge on any atom is -0.356 e. The van der Waals surface area contributed by atoms with E-state index >= 15 is 0 Å². The summed E-state index contributed by atoms with van der Waals surface area (Å²) in [5, 5.41) is 2.89. The first-order chi connectivity index (χ1) is 7.54. The van der Waals surface area contributed by atoms with Gasteiger partial charge in [-0.3, -0.25) is 9.59 Å². The van der Waals surface area contributed by atoms with Crippen molar-refractivity contribution >= 4 is 22.8 Å². The topological polar surface area (TPSA) is 46.2 Å². The van der Waals surface area contributed by atoms with Crippen molar-refractivity contribution in [3.8, 4) is 0 Å². The van der Waals surface area contributed by atoms with Crippen LogP contribution in [0, 0.1) is 10.8 Å². The Morgan fingerprint density at radius 3 is 2.06 bits per heavy atom. The zero-order valence-corrected chi connectivity index (χ0v) is 12.7. The van der Waals surface area contributed by atoms with E-state index in [2.05, 4.69) is 26.1 Å². The summed E-state index contributed by atoms with van der Waals surface area (Å²) >= 11 is 1.31. The lowest BCUT2D eigenvalue weighted by molar-refractivity contribution is -0.120. The number of nitrogens with one attached hydrogen (secondary N) is 1. The van der Waals surface area contributed by atoms with Gasteiger partial charge in [0.2, 0.25) is 5.91 Å². The number of rotatable bonds is 5. The number of hydrogen-bond donors (Lipinski definition) is 1. The third kappa shape index (κ3) is 8.25. The predicted octanol–water partition coefficient (Wildman–Crippen LogP) is 2.84. The van der Waals surface area contributed by atoms with Crippen LogP contribution in [-0.2, 0) is 9.59 Å². The van der Waals surface area contributed by atoms with E-state index in [0.717, 1.165) is 6.42 Å². The lowest BCUT2D eigenvalue weighted by atomic mass is 9.77. The largest absolute Gasteiger partial charge is 0.356 e. The Morgan fingerprint density at radius 1 is 1.12 bits per heavy atom. The minimum atomic E-state index is -0.306. The van der Waals surface area contributed by atoms with E-state index in [-0.39, 0.29) is 21.9 Å². The molecule has 0 radical (unpaired) electrons. The monoisotopic (exact) mass is 259 g/mol. The fraction of sp³-hybridized carbons (Fsp3) is 0.846. The van der Waals surface area contributed by atoms with E-state index < -0.39 is 0 Å². The highest BCUT2D eigenvalue weighted by Crippen LogP contribution is 2.36. The normalized spacial score (nSPS) is 12.4. The quantitative estimate of drug-likeness (QED) is 0.772. The number of carbonyl (C=O) groups is 2. The fourth-order valence-corrected chi connectivity index (χ4v) is 2.82. The summed E-state index contributed by atoms with van der Waals surface area (Å²) in [7, 11) is 0. The Morgan fingerprint density at radius 2 is 1.65 bits per heavy atom. The van der Waals surface area contributed by atoms with Gasteiger partial charge in [-0.25, -0.2) is 0 Å². The first kappa shape index (κ1) is 16.5. The molecule has 0 aromatic rings. The van der Waals surface area contributed by atoms with Crippen molar-refractivity contribution in [2.24, 2.45) is 10.8 Å². The summed E-state index contributed by atoms with van der Waals surface area (Å²) in [5.74, 6) is 0.596. The maximum atomic E-state index is 12.0. The molecule has 0 bridgehead atoms. The van der Waals surface area contributed by atoms with Crippen LogP contribution in [0.2, 0.25) is 0 Å². The third-order valence-electron chi connectivity index (χ3n) is 2.23. The van der Waals surface area contributed by atoms with Crippen LogP contribution in [0.4, 0.5) is 0 Å². The van der Waals surface area contributed by atoms with Crippen molar-refractivity contribution in [2.75, 3.05) is 12.3 Å². The first-order valence-electron chi connectivity index (χ1n) is 5.96. The molecule has 0 aromatic heterocycles. The molecule has 0 aliphatic rings. The van der Waals surface area contributed by atoms with Crippen LogP contribution in [0.3, 0.4) is 0 Å². The van der Waals surface area contributed by atoms with Crippen LogP contribution >= 0.6 is 11.8 Å². The molecule has 0 unspecified atom stereocenters. The molecule has 0 atom stereocenters. The molecular weight excluding hydrogens is 234 g/mol. The van der Waals surface area contributed by atoms with Crippen molar-refractivity contribution in [3.63, 3.8) is 0 Å². The van der Waals surface area contributed by atoms with Crippen LogP contribution in [0.15, 0.2) is 0 Å². The summed E-state index contributed by atoms with van der Waals surface area (Å²) < 4.78 is 0. The second-order valence-electron chi connectivity index (χ2n) is 6.24. The Hall–Kier alpha value is -0.510. The van der Waals surface area contributed by atoms with Gasteiger partial charge in [0.15, 0.2) is 5.12 Å². The SMILES string of the molecule is CC(=O)NCCSC(=O)C(C)(C)CC(C)(C)C. The molecule has 17 heavy (non-hydrogen) atoms. The predicted molar refractivity (Wildman–Crippen MR) is 74.0 cm³/mol. The van der Waals surface area contributed by atoms with Crippen molar-refractivity contribution in [2.45, 2.75) is 48.0 Å². The molecule has 3 nitrogen and oxygen atoms in total. The lowest BCUT2D eigenvalue weighted by Crippen LogP contribution is -2.29.